The number of hydrogen-bond acceptors (Lipinski definition) is 6. The summed E-state index contributed by atoms with van der Waals surface area (Å²) < 4.78 is 17.0. The van der Waals surface area contributed by atoms with Gasteiger partial charge in [-0.15, -0.1) is 0 Å². The Balaban J connectivity index is 4.25. The smallest absolute Gasteiger partial charge is 0.306 e. The Bertz CT molecular complexity index is 1110. The van der Waals surface area contributed by atoms with Gasteiger partial charge in [-0.25, -0.2) is 0 Å². The molecule has 0 fully saturated rings. The van der Waals surface area contributed by atoms with Crippen molar-refractivity contribution in [2.45, 2.75) is 381 Å². The van der Waals surface area contributed by atoms with Crippen molar-refractivity contribution in [3.05, 3.63) is 0 Å². The molecule has 0 aliphatic heterocycles. The molecule has 0 bridgehead atoms. The molecule has 6 heteroatoms. The minimum atomic E-state index is -0.764. The zero-order valence-corrected chi connectivity index (χ0v) is 49.6. The van der Waals surface area contributed by atoms with Gasteiger partial charge in [-0.2, -0.15) is 0 Å². The van der Waals surface area contributed by atoms with E-state index < -0.39 is 6.10 Å². The van der Waals surface area contributed by atoms with Crippen LogP contribution in [0.25, 0.3) is 0 Å². The highest BCUT2D eigenvalue weighted by Crippen LogP contribution is 2.19. The van der Waals surface area contributed by atoms with E-state index in [1.54, 1.807) is 0 Å². The summed E-state index contributed by atoms with van der Waals surface area (Å²) in [6.07, 6.45) is 65.3. The van der Waals surface area contributed by atoms with Gasteiger partial charge >= 0.3 is 17.9 Å². The minimum Gasteiger partial charge on any atom is -0.462 e. The fourth-order valence-electron chi connectivity index (χ4n) is 10.3. The summed E-state index contributed by atoms with van der Waals surface area (Å²) >= 11 is 0. The Hall–Kier alpha value is -1.59. The first kappa shape index (κ1) is 70.4. The average Bonchev–Trinajstić information content (AvgIpc) is 3.37. The molecule has 0 aromatic rings. The van der Waals surface area contributed by atoms with Crippen molar-refractivity contribution >= 4 is 17.9 Å². The van der Waals surface area contributed by atoms with Gasteiger partial charge in [0.05, 0.1) is 0 Å². The van der Waals surface area contributed by atoms with Gasteiger partial charge < -0.3 is 14.2 Å². The summed E-state index contributed by atoms with van der Waals surface area (Å²) in [7, 11) is 0. The maximum Gasteiger partial charge on any atom is 0.306 e. The van der Waals surface area contributed by atoms with Crippen LogP contribution < -0.4 is 0 Å². The van der Waals surface area contributed by atoms with Gasteiger partial charge in [-0.05, 0) is 31.1 Å². The molecule has 2 atom stereocenters. The normalized spacial score (nSPS) is 12.4. The molecule has 72 heavy (non-hydrogen) atoms. The fraction of sp³-hybridized carbons (Fsp3) is 0.955. The third kappa shape index (κ3) is 57.7. The highest BCUT2D eigenvalue weighted by Gasteiger charge is 2.19. The van der Waals surface area contributed by atoms with Gasteiger partial charge in [0.1, 0.15) is 13.2 Å². The lowest BCUT2D eigenvalue weighted by atomic mass is 9.99. The third-order valence-corrected chi connectivity index (χ3v) is 15.6. The van der Waals surface area contributed by atoms with Gasteiger partial charge in [0, 0.05) is 19.3 Å². The molecule has 0 aromatic heterocycles. The second-order valence-corrected chi connectivity index (χ2v) is 23.5. The van der Waals surface area contributed by atoms with E-state index in [0.29, 0.717) is 19.3 Å². The molecule has 1 unspecified atom stereocenters. The van der Waals surface area contributed by atoms with Gasteiger partial charge in [0.25, 0.3) is 0 Å². The van der Waals surface area contributed by atoms with Crippen LogP contribution in [0.4, 0.5) is 0 Å². The maximum atomic E-state index is 12.9. The Morgan fingerprint density at radius 1 is 0.292 bits per heavy atom. The standard InChI is InChI=1S/C66H128O6/c1-6-8-9-10-11-12-13-14-26-31-36-41-46-51-56-64(67)70-59-63(72-66(69)58-53-48-43-38-33-28-23-19-20-24-29-34-39-44-49-54-61(3)4)60-71-65(68)57-52-47-42-37-32-27-22-18-16-15-17-21-25-30-35-40-45-50-55-62(5)7-2/h61-63H,6-60H2,1-5H3/t62?,63-/m1/s1. The predicted molar refractivity (Wildman–Crippen MR) is 312 cm³/mol. The van der Waals surface area contributed by atoms with Gasteiger partial charge in [0.2, 0.25) is 0 Å². The zero-order valence-electron chi connectivity index (χ0n) is 49.6. The van der Waals surface area contributed by atoms with Crippen LogP contribution in [0.2, 0.25) is 0 Å². The largest absolute Gasteiger partial charge is 0.462 e. The maximum absolute atomic E-state index is 12.9. The highest BCUT2D eigenvalue weighted by molar-refractivity contribution is 5.71. The van der Waals surface area contributed by atoms with Crippen LogP contribution in [0.5, 0.6) is 0 Å². The SMILES string of the molecule is CCCCCCCCCCCCCCCCC(=O)OC[C@H](COC(=O)CCCCCCCCCCCCCCCCCCCCC(C)CC)OC(=O)CCCCCCCCCCCCCCCCCC(C)C. The molecule has 0 aliphatic rings. The average molecular weight is 1020 g/mol. The topological polar surface area (TPSA) is 78.9 Å². The molecule has 0 saturated carbocycles. The van der Waals surface area contributed by atoms with Crippen molar-refractivity contribution in [2.75, 3.05) is 13.2 Å². The fourth-order valence-corrected chi connectivity index (χ4v) is 10.3. The van der Waals surface area contributed by atoms with Crippen molar-refractivity contribution in [2.24, 2.45) is 11.8 Å². The van der Waals surface area contributed by atoms with Gasteiger partial charge in [-0.1, -0.05) is 336 Å². The van der Waals surface area contributed by atoms with Crippen molar-refractivity contribution in [1.82, 2.24) is 0 Å². The van der Waals surface area contributed by atoms with Crippen molar-refractivity contribution in [3.8, 4) is 0 Å². The molecule has 0 rings (SSSR count). The van der Waals surface area contributed by atoms with E-state index in [2.05, 4.69) is 34.6 Å². The lowest BCUT2D eigenvalue weighted by Gasteiger charge is -2.18. The van der Waals surface area contributed by atoms with Crippen LogP contribution in [0.3, 0.4) is 0 Å². The van der Waals surface area contributed by atoms with Crippen molar-refractivity contribution in [1.29, 1.82) is 0 Å². The van der Waals surface area contributed by atoms with E-state index in [9.17, 15) is 14.4 Å². The number of rotatable bonds is 60. The Labute approximate surface area is 450 Å². The summed E-state index contributed by atoms with van der Waals surface area (Å²) in [5, 5.41) is 0. The van der Waals surface area contributed by atoms with E-state index >= 15 is 0 Å². The lowest BCUT2D eigenvalue weighted by molar-refractivity contribution is -0.167. The second kappa shape index (κ2) is 58.7. The van der Waals surface area contributed by atoms with Crippen molar-refractivity contribution < 1.29 is 28.6 Å². The molecular formula is C66H128O6. The number of hydrogen-bond donors (Lipinski definition) is 0. The van der Waals surface area contributed by atoms with Crippen LogP contribution >= 0.6 is 0 Å². The number of carbonyl (C=O) groups excluding carboxylic acids is 3. The molecule has 428 valence electrons. The second-order valence-electron chi connectivity index (χ2n) is 23.5. The first-order chi connectivity index (χ1) is 35.3. The molecule has 0 amide bonds. The number of esters is 3. The highest BCUT2D eigenvalue weighted by atomic mass is 16.6. The molecule has 0 radical (unpaired) electrons. The predicted octanol–water partition coefficient (Wildman–Crippen LogP) is 22.0. The summed E-state index contributed by atoms with van der Waals surface area (Å²) in [5.41, 5.74) is 0. The Kier molecular flexibility index (Phi) is 57.4. The quantitative estimate of drug-likeness (QED) is 0.0343. The van der Waals surface area contributed by atoms with Crippen LogP contribution in [0.1, 0.15) is 375 Å². The van der Waals surface area contributed by atoms with Crippen LogP contribution in [-0.2, 0) is 28.6 Å². The van der Waals surface area contributed by atoms with E-state index in [4.69, 9.17) is 14.2 Å². The number of unbranched alkanes of at least 4 members (excludes halogenated alkanes) is 44. The van der Waals surface area contributed by atoms with Crippen molar-refractivity contribution in [3.63, 3.8) is 0 Å². The van der Waals surface area contributed by atoms with E-state index in [1.807, 2.05) is 0 Å². The molecule has 0 N–H and O–H groups in total. The minimum absolute atomic E-state index is 0.0616. The first-order valence-corrected chi connectivity index (χ1v) is 32.8. The molecular weight excluding hydrogens is 889 g/mol. The zero-order chi connectivity index (χ0) is 52.5. The van der Waals surface area contributed by atoms with E-state index in [1.165, 1.54) is 263 Å². The Morgan fingerprint density at radius 3 is 0.792 bits per heavy atom. The van der Waals surface area contributed by atoms with Gasteiger partial charge in [-0.3, -0.25) is 14.4 Å². The molecule has 0 saturated heterocycles. The summed E-state index contributed by atoms with van der Waals surface area (Å²) in [5.74, 6) is 0.929. The Morgan fingerprint density at radius 2 is 0.528 bits per heavy atom. The molecule has 0 aliphatic carbocycles. The first-order valence-electron chi connectivity index (χ1n) is 32.8. The molecule has 0 heterocycles. The number of carbonyl (C=O) groups is 3. The van der Waals surface area contributed by atoms with Crippen LogP contribution in [0, 0.1) is 11.8 Å². The molecule has 6 nitrogen and oxygen atoms in total. The molecule has 0 spiro atoms. The van der Waals surface area contributed by atoms with E-state index in [-0.39, 0.29) is 31.1 Å². The van der Waals surface area contributed by atoms with Crippen LogP contribution in [-0.4, -0.2) is 37.2 Å². The third-order valence-electron chi connectivity index (χ3n) is 15.6. The summed E-state index contributed by atoms with van der Waals surface area (Å²) in [4.78, 5) is 38.3. The molecule has 0 aromatic carbocycles. The number of ether oxygens (including phenoxy) is 3. The van der Waals surface area contributed by atoms with Crippen LogP contribution in [0.15, 0.2) is 0 Å². The van der Waals surface area contributed by atoms with E-state index in [0.717, 1.165) is 69.6 Å². The van der Waals surface area contributed by atoms with Gasteiger partial charge in [0.15, 0.2) is 6.10 Å². The summed E-state index contributed by atoms with van der Waals surface area (Å²) in [6.45, 7) is 11.5. The summed E-state index contributed by atoms with van der Waals surface area (Å²) in [6, 6.07) is 0. The lowest BCUT2D eigenvalue weighted by Crippen LogP contribution is -2.30. The monoisotopic (exact) mass is 1020 g/mol.